The molecule has 0 saturated heterocycles. The number of aromatic carboxylic acids is 1. The SMILES string of the molecule is COc1cc(Cl)ccc1-c1nc(C(=O)O)c(C)o1. The van der Waals surface area contributed by atoms with Crippen molar-refractivity contribution in [1.29, 1.82) is 0 Å². The fraction of sp³-hybridized carbons (Fsp3) is 0.167. The molecular weight excluding hydrogens is 258 g/mol. The van der Waals surface area contributed by atoms with Crippen LogP contribution in [0.2, 0.25) is 5.02 Å². The van der Waals surface area contributed by atoms with Crippen molar-refractivity contribution in [3.05, 3.63) is 34.7 Å². The first-order valence-electron chi connectivity index (χ1n) is 5.07. The van der Waals surface area contributed by atoms with Crippen LogP contribution in [0.25, 0.3) is 11.5 Å². The molecule has 0 atom stereocenters. The zero-order valence-corrected chi connectivity index (χ0v) is 10.5. The van der Waals surface area contributed by atoms with Gasteiger partial charge in [-0.15, -0.1) is 0 Å². The van der Waals surface area contributed by atoms with Crippen LogP contribution in [0.15, 0.2) is 22.6 Å². The molecule has 1 aromatic heterocycles. The predicted octanol–water partition coefficient (Wildman–Crippen LogP) is 3.01. The molecule has 0 aliphatic rings. The van der Waals surface area contributed by atoms with Crippen molar-refractivity contribution < 1.29 is 19.1 Å². The second kappa shape index (κ2) is 4.70. The third-order valence-electron chi connectivity index (χ3n) is 2.39. The first-order chi connectivity index (χ1) is 8.52. The Morgan fingerprint density at radius 1 is 1.50 bits per heavy atom. The average Bonchev–Trinajstić information content (AvgIpc) is 2.71. The van der Waals surface area contributed by atoms with E-state index in [2.05, 4.69) is 4.98 Å². The van der Waals surface area contributed by atoms with Crippen molar-refractivity contribution in [3.63, 3.8) is 0 Å². The largest absolute Gasteiger partial charge is 0.496 e. The maximum atomic E-state index is 10.9. The number of rotatable bonds is 3. The lowest BCUT2D eigenvalue weighted by Crippen LogP contribution is -1.98. The van der Waals surface area contributed by atoms with Gasteiger partial charge in [0.05, 0.1) is 12.7 Å². The summed E-state index contributed by atoms with van der Waals surface area (Å²) in [6.45, 7) is 1.54. The van der Waals surface area contributed by atoms with Gasteiger partial charge in [0, 0.05) is 5.02 Å². The number of nitrogens with zero attached hydrogens (tertiary/aromatic N) is 1. The van der Waals surface area contributed by atoms with E-state index in [1.807, 2.05) is 0 Å². The van der Waals surface area contributed by atoms with Gasteiger partial charge in [0.1, 0.15) is 11.5 Å². The molecule has 0 bridgehead atoms. The number of aryl methyl sites for hydroxylation is 1. The topological polar surface area (TPSA) is 72.6 Å². The minimum Gasteiger partial charge on any atom is -0.496 e. The molecule has 0 saturated carbocycles. The van der Waals surface area contributed by atoms with Gasteiger partial charge in [-0.25, -0.2) is 9.78 Å². The molecule has 0 aliphatic heterocycles. The van der Waals surface area contributed by atoms with Crippen molar-refractivity contribution in [2.75, 3.05) is 7.11 Å². The molecule has 1 aromatic carbocycles. The van der Waals surface area contributed by atoms with E-state index in [0.29, 0.717) is 16.3 Å². The maximum Gasteiger partial charge on any atom is 0.358 e. The Kier molecular flexibility index (Phi) is 3.25. The lowest BCUT2D eigenvalue weighted by atomic mass is 10.2. The lowest BCUT2D eigenvalue weighted by Gasteiger charge is -2.05. The summed E-state index contributed by atoms with van der Waals surface area (Å²) in [6, 6.07) is 4.92. The number of carboxylic acid groups (broad SMARTS) is 1. The van der Waals surface area contributed by atoms with Crippen molar-refractivity contribution in [2.24, 2.45) is 0 Å². The van der Waals surface area contributed by atoms with E-state index in [1.165, 1.54) is 7.11 Å². The Balaban J connectivity index is 2.55. The molecule has 1 heterocycles. The number of halogens is 1. The number of carboxylic acids is 1. The van der Waals surface area contributed by atoms with Gasteiger partial charge in [-0.2, -0.15) is 0 Å². The highest BCUT2D eigenvalue weighted by molar-refractivity contribution is 6.30. The summed E-state index contributed by atoms with van der Waals surface area (Å²) >= 11 is 5.84. The van der Waals surface area contributed by atoms with E-state index in [4.69, 9.17) is 25.9 Å². The Morgan fingerprint density at radius 3 is 2.78 bits per heavy atom. The van der Waals surface area contributed by atoms with Crippen molar-refractivity contribution in [2.45, 2.75) is 6.92 Å². The van der Waals surface area contributed by atoms with Crippen LogP contribution in [-0.2, 0) is 0 Å². The monoisotopic (exact) mass is 267 g/mol. The first kappa shape index (κ1) is 12.4. The Hall–Kier alpha value is -2.01. The summed E-state index contributed by atoms with van der Waals surface area (Å²) in [4.78, 5) is 14.8. The van der Waals surface area contributed by atoms with Crippen LogP contribution in [0.3, 0.4) is 0 Å². The molecule has 0 spiro atoms. The van der Waals surface area contributed by atoms with Gasteiger partial charge >= 0.3 is 5.97 Å². The van der Waals surface area contributed by atoms with Crippen LogP contribution in [-0.4, -0.2) is 23.2 Å². The number of ether oxygens (including phenoxy) is 1. The van der Waals surface area contributed by atoms with Crippen LogP contribution in [0.5, 0.6) is 5.75 Å². The first-order valence-corrected chi connectivity index (χ1v) is 5.45. The van der Waals surface area contributed by atoms with Gasteiger partial charge in [-0.3, -0.25) is 0 Å². The van der Waals surface area contributed by atoms with Gasteiger partial charge in [-0.05, 0) is 25.1 Å². The number of methoxy groups -OCH3 is 1. The predicted molar refractivity (Wildman–Crippen MR) is 65.2 cm³/mol. The summed E-state index contributed by atoms with van der Waals surface area (Å²) in [5.41, 5.74) is 0.444. The number of carbonyl (C=O) groups is 1. The van der Waals surface area contributed by atoms with Crippen LogP contribution in [0.1, 0.15) is 16.2 Å². The van der Waals surface area contributed by atoms with E-state index >= 15 is 0 Å². The molecule has 0 fully saturated rings. The Labute approximate surface area is 108 Å². The third-order valence-corrected chi connectivity index (χ3v) is 2.63. The molecular formula is C12H10ClNO4. The normalized spacial score (nSPS) is 10.4. The lowest BCUT2D eigenvalue weighted by molar-refractivity contribution is 0.0689. The van der Waals surface area contributed by atoms with Gasteiger partial charge in [0.25, 0.3) is 0 Å². The molecule has 0 unspecified atom stereocenters. The Bertz CT molecular complexity index is 606. The van der Waals surface area contributed by atoms with Crippen molar-refractivity contribution >= 4 is 17.6 Å². The molecule has 94 valence electrons. The minimum absolute atomic E-state index is 0.109. The number of benzene rings is 1. The van der Waals surface area contributed by atoms with E-state index in [1.54, 1.807) is 25.1 Å². The number of hydrogen-bond donors (Lipinski definition) is 1. The van der Waals surface area contributed by atoms with Gasteiger partial charge < -0.3 is 14.3 Å². The minimum atomic E-state index is -1.13. The van der Waals surface area contributed by atoms with Crippen molar-refractivity contribution in [3.8, 4) is 17.2 Å². The molecule has 6 heteroatoms. The summed E-state index contributed by atoms with van der Waals surface area (Å²) < 4.78 is 10.5. The van der Waals surface area contributed by atoms with Crippen LogP contribution < -0.4 is 4.74 Å². The summed E-state index contributed by atoms with van der Waals surface area (Å²) in [6.07, 6.45) is 0. The van der Waals surface area contributed by atoms with E-state index in [9.17, 15) is 4.79 Å². The molecule has 2 aromatic rings. The van der Waals surface area contributed by atoms with E-state index in [-0.39, 0.29) is 17.3 Å². The zero-order chi connectivity index (χ0) is 13.3. The second-order valence-corrected chi connectivity index (χ2v) is 4.01. The molecule has 0 amide bonds. The van der Waals surface area contributed by atoms with Crippen LogP contribution >= 0.6 is 11.6 Å². The fourth-order valence-corrected chi connectivity index (χ4v) is 1.71. The maximum absolute atomic E-state index is 10.9. The van der Waals surface area contributed by atoms with Gasteiger partial charge in [-0.1, -0.05) is 11.6 Å². The van der Waals surface area contributed by atoms with Gasteiger partial charge in [0.15, 0.2) is 5.69 Å². The standard InChI is InChI=1S/C12H10ClNO4/c1-6-10(12(15)16)14-11(18-6)8-4-3-7(13)5-9(8)17-2/h3-5H,1-2H3,(H,15,16). The van der Waals surface area contributed by atoms with Crippen molar-refractivity contribution in [1.82, 2.24) is 4.98 Å². The summed E-state index contributed by atoms with van der Waals surface area (Å²) in [5, 5.41) is 9.43. The zero-order valence-electron chi connectivity index (χ0n) is 9.73. The molecule has 1 N–H and O–H groups in total. The highest BCUT2D eigenvalue weighted by Crippen LogP contribution is 2.32. The smallest absolute Gasteiger partial charge is 0.358 e. The third kappa shape index (κ3) is 2.17. The second-order valence-electron chi connectivity index (χ2n) is 3.57. The number of oxazole rings is 1. The number of hydrogen-bond acceptors (Lipinski definition) is 4. The quantitative estimate of drug-likeness (QED) is 0.925. The molecule has 0 radical (unpaired) electrons. The number of aromatic nitrogens is 1. The van der Waals surface area contributed by atoms with E-state index < -0.39 is 5.97 Å². The average molecular weight is 268 g/mol. The molecule has 5 nitrogen and oxygen atoms in total. The Morgan fingerprint density at radius 2 is 2.22 bits per heavy atom. The van der Waals surface area contributed by atoms with Crippen LogP contribution in [0, 0.1) is 6.92 Å². The summed E-state index contributed by atoms with van der Waals surface area (Å²) in [7, 11) is 1.49. The molecule has 2 rings (SSSR count). The molecule has 18 heavy (non-hydrogen) atoms. The molecule has 0 aliphatic carbocycles. The highest BCUT2D eigenvalue weighted by atomic mass is 35.5. The van der Waals surface area contributed by atoms with E-state index in [0.717, 1.165) is 0 Å². The summed E-state index contributed by atoms with van der Waals surface area (Å²) in [5.74, 6) is -0.218. The fourth-order valence-electron chi connectivity index (χ4n) is 1.55. The van der Waals surface area contributed by atoms with Crippen LogP contribution in [0.4, 0.5) is 0 Å². The highest BCUT2D eigenvalue weighted by Gasteiger charge is 2.19. The van der Waals surface area contributed by atoms with Gasteiger partial charge in [0.2, 0.25) is 5.89 Å².